The van der Waals surface area contributed by atoms with E-state index < -0.39 is 0 Å². The Balaban J connectivity index is 3.50. The van der Waals surface area contributed by atoms with Crippen LogP contribution in [0.2, 0.25) is 0 Å². The summed E-state index contributed by atoms with van der Waals surface area (Å²) in [6.07, 6.45) is 13.6. The minimum atomic E-state index is -0.224. The molecule has 0 rings (SSSR count). The van der Waals surface area contributed by atoms with Crippen LogP contribution in [0.4, 0.5) is 0 Å². The monoisotopic (exact) mass is 252 g/mol. The molecule has 0 bridgehead atoms. The van der Waals surface area contributed by atoms with E-state index in [0.29, 0.717) is 12.2 Å². The lowest BCUT2D eigenvalue weighted by molar-refractivity contribution is -0.137. The lowest BCUT2D eigenvalue weighted by Crippen LogP contribution is -2.05. The Kier molecular flexibility index (Phi) is 11.7. The average Bonchev–Trinajstić information content (AvgIpc) is 2.38. The molecule has 104 valence electrons. The summed E-state index contributed by atoms with van der Waals surface area (Å²) in [7, 11) is 0. The summed E-state index contributed by atoms with van der Waals surface area (Å²) in [6.45, 7) is 7.85. The maximum atomic E-state index is 11.4. The number of unbranched alkanes of at least 4 members (excludes halogenated alkanes) is 7. The highest BCUT2D eigenvalue weighted by molar-refractivity contribution is 5.87. The molecule has 0 aliphatic rings. The first-order chi connectivity index (χ1) is 8.72. The van der Waals surface area contributed by atoms with E-state index in [2.05, 4.69) is 13.5 Å². The highest BCUT2D eigenvalue weighted by Gasteiger charge is 2.03. The Morgan fingerprint density at radius 1 is 1.11 bits per heavy atom. The number of allylic oxidation sites excluding steroid dienone is 1. The SMILES string of the molecule is C=CCOC(=O)C(C)=CCCCCCCCCC. The van der Waals surface area contributed by atoms with E-state index in [0.717, 1.165) is 12.8 Å². The van der Waals surface area contributed by atoms with Crippen molar-refractivity contribution in [1.82, 2.24) is 0 Å². The summed E-state index contributed by atoms with van der Waals surface area (Å²) in [5.74, 6) is -0.224. The molecule has 18 heavy (non-hydrogen) atoms. The Morgan fingerprint density at radius 3 is 2.33 bits per heavy atom. The molecular formula is C16H28O2. The molecule has 0 aliphatic carbocycles. The highest BCUT2D eigenvalue weighted by Crippen LogP contribution is 2.09. The lowest BCUT2D eigenvalue weighted by Gasteiger charge is -2.02. The minimum absolute atomic E-state index is 0.224. The third-order valence-electron chi connectivity index (χ3n) is 2.91. The van der Waals surface area contributed by atoms with E-state index in [1.807, 2.05) is 13.0 Å². The van der Waals surface area contributed by atoms with Gasteiger partial charge in [0.25, 0.3) is 0 Å². The molecule has 0 amide bonds. The summed E-state index contributed by atoms with van der Waals surface area (Å²) in [5.41, 5.74) is 0.711. The fraction of sp³-hybridized carbons (Fsp3) is 0.688. The number of esters is 1. The van der Waals surface area contributed by atoms with Gasteiger partial charge in [-0.15, -0.1) is 0 Å². The number of ether oxygens (including phenoxy) is 1. The maximum Gasteiger partial charge on any atom is 0.333 e. The van der Waals surface area contributed by atoms with Crippen molar-refractivity contribution < 1.29 is 9.53 Å². The van der Waals surface area contributed by atoms with E-state index in [-0.39, 0.29) is 5.97 Å². The normalized spacial score (nSPS) is 11.3. The molecule has 0 saturated heterocycles. The zero-order valence-corrected chi connectivity index (χ0v) is 12.0. The van der Waals surface area contributed by atoms with Crippen LogP contribution in [0.15, 0.2) is 24.3 Å². The van der Waals surface area contributed by atoms with E-state index in [1.165, 1.54) is 38.5 Å². The summed E-state index contributed by atoms with van der Waals surface area (Å²) in [4.78, 5) is 11.4. The van der Waals surface area contributed by atoms with Crippen molar-refractivity contribution in [3.8, 4) is 0 Å². The van der Waals surface area contributed by atoms with Crippen molar-refractivity contribution in [1.29, 1.82) is 0 Å². The molecule has 0 atom stereocenters. The zero-order valence-electron chi connectivity index (χ0n) is 12.0. The molecule has 0 aromatic heterocycles. The number of hydrogen-bond acceptors (Lipinski definition) is 2. The number of hydrogen-bond donors (Lipinski definition) is 0. The second kappa shape index (κ2) is 12.4. The smallest absolute Gasteiger partial charge is 0.333 e. The van der Waals surface area contributed by atoms with Gasteiger partial charge in [-0.3, -0.25) is 0 Å². The van der Waals surface area contributed by atoms with Gasteiger partial charge in [0.05, 0.1) is 0 Å². The Hall–Kier alpha value is -1.05. The van der Waals surface area contributed by atoms with Gasteiger partial charge in [-0.25, -0.2) is 4.79 Å². The summed E-state index contributed by atoms with van der Waals surface area (Å²) in [5, 5.41) is 0. The van der Waals surface area contributed by atoms with Crippen molar-refractivity contribution in [2.45, 2.75) is 65.2 Å². The molecule has 0 heterocycles. The van der Waals surface area contributed by atoms with Crippen LogP contribution >= 0.6 is 0 Å². The molecular weight excluding hydrogens is 224 g/mol. The topological polar surface area (TPSA) is 26.3 Å². The highest BCUT2D eigenvalue weighted by atomic mass is 16.5. The van der Waals surface area contributed by atoms with Gasteiger partial charge in [0.2, 0.25) is 0 Å². The van der Waals surface area contributed by atoms with Crippen molar-refractivity contribution >= 4 is 5.97 Å². The van der Waals surface area contributed by atoms with Gasteiger partial charge in [-0.2, -0.15) is 0 Å². The van der Waals surface area contributed by atoms with Gasteiger partial charge in [0.15, 0.2) is 0 Å². The van der Waals surface area contributed by atoms with Crippen LogP contribution in [0.3, 0.4) is 0 Å². The van der Waals surface area contributed by atoms with Gasteiger partial charge in [-0.1, -0.05) is 64.2 Å². The molecule has 0 aliphatic heterocycles. The molecule has 0 aromatic rings. The molecule has 0 spiro atoms. The van der Waals surface area contributed by atoms with Crippen molar-refractivity contribution in [2.75, 3.05) is 6.61 Å². The van der Waals surface area contributed by atoms with Gasteiger partial charge >= 0.3 is 5.97 Å². The van der Waals surface area contributed by atoms with Crippen LogP contribution in [0.25, 0.3) is 0 Å². The number of carbonyl (C=O) groups is 1. The van der Waals surface area contributed by atoms with Gasteiger partial charge in [-0.05, 0) is 19.8 Å². The third-order valence-corrected chi connectivity index (χ3v) is 2.91. The van der Waals surface area contributed by atoms with Crippen molar-refractivity contribution in [3.05, 3.63) is 24.3 Å². The molecule has 0 unspecified atom stereocenters. The van der Waals surface area contributed by atoms with E-state index in [4.69, 9.17) is 4.74 Å². The zero-order chi connectivity index (χ0) is 13.6. The van der Waals surface area contributed by atoms with Crippen LogP contribution in [-0.2, 0) is 9.53 Å². The Labute approximate surface area is 112 Å². The standard InChI is InChI=1S/C16H28O2/c1-4-6-7-8-9-10-11-12-13-15(3)16(17)18-14-5-2/h5,13H,2,4,6-12,14H2,1,3H3. The van der Waals surface area contributed by atoms with Crippen LogP contribution < -0.4 is 0 Å². The fourth-order valence-corrected chi connectivity index (χ4v) is 1.75. The van der Waals surface area contributed by atoms with E-state index in [9.17, 15) is 4.79 Å². The Bertz CT molecular complexity index is 254. The van der Waals surface area contributed by atoms with Gasteiger partial charge < -0.3 is 4.74 Å². The second-order valence-electron chi connectivity index (χ2n) is 4.68. The predicted octanol–water partition coefficient (Wildman–Crippen LogP) is 4.80. The van der Waals surface area contributed by atoms with E-state index >= 15 is 0 Å². The number of carbonyl (C=O) groups excluding carboxylic acids is 1. The largest absolute Gasteiger partial charge is 0.458 e. The second-order valence-corrected chi connectivity index (χ2v) is 4.68. The predicted molar refractivity (Wildman–Crippen MR) is 77.5 cm³/mol. The summed E-state index contributed by atoms with van der Waals surface area (Å²) >= 11 is 0. The third kappa shape index (κ3) is 10.1. The first kappa shape index (κ1) is 16.9. The van der Waals surface area contributed by atoms with Crippen LogP contribution in [-0.4, -0.2) is 12.6 Å². The summed E-state index contributed by atoms with van der Waals surface area (Å²) < 4.78 is 4.95. The van der Waals surface area contributed by atoms with Gasteiger partial charge in [0, 0.05) is 5.57 Å². The first-order valence-corrected chi connectivity index (χ1v) is 7.17. The molecule has 0 N–H and O–H groups in total. The minimum Gasteiger partial charge on any atom is -0.458 e. The van der Waals surface area contributed by atoms with Gasteiger partial charge in [0.1, 0.15) is 6.61 Å². The van der Waals surface area contributed by atoms with Crippen LogP contribution in [0.5, 0.6) is 0 Å². The molecule has 2 nitrogen and oxygen atoms in total. The van der Waals surface area contributed by atoms with Crippen molar-refractivity contribution in [3.63, 3.8) is 0 Å². The Morgan fingerprint density at radius 2 is 1.72 bits per heavy atom. The maximum absolute atomic E-state index is 11.4. The number of rotatable bonds is 11. The molecule has 0 saturated carbocycles. The van der Waals surface area contributed by atoms with Crippen molar-refractivity contribution in [2.24, 2.45) is 0 Å². The molecule has 0 fully saturated rings. The lowest BCUT2D eigenvalue weighted by atomic mass is 10.1. The molecule has 2 heteroatoms. The molecule has 0 aromatic carbocycles. The molecule has 0 radical (unpaired) electrons. The average molecular weight is 252 g/mol. The summed E-state index contributed by atoms with van der Waals surface area (Å²) in [6, 6.07) is 0. The quantitative estimate of drug-likeness (QED) is 0.228. The van der Waals surface area contributed by atoms with E-state index in [1.54, 1.807) is 6.08 Å². The van der Waals surface area contributed by atoms with Crippen LogP contribution in [0.1, 0.15) is 65.2 Å². The fourth-order valence-electron chi connectivity index (χ4n) is 1.75. The van der Waals surface area contributed by atoms with Crippen LogP contribution in [0, 0.1) is 0 Å². The first-order valence-electron chi connectivity index (χ1n) is 7.17.